The van der Waals surface area contributed by atoms with Crippen LogP contribution in [0.2, 0.25) is 0 Å². The van der Waals surface area contributed by atoms with Gasteiger partial charge >= 0.3 is 0 Å². The van der Waals surface area contributed by atoms with Gasteiger partial charge in [0, 0.05) is 0 Å². The van der Waals surface area contributed by atoms with Crippen LogP contribution in [0.3, 0.4) is 0 Å². The molecule has 0 aromatic heterocycles. The van der Waals surface area contributed by atoms with Gasteiger partial charge in [0.2, 0.25) is 0 Å². The van der Waals surface area contributed by atoms with Crippen molar-refractivity contribution in [3.05, 3.63) is 0 Å². The van der Waals surface area contributed by atoms with Gasteiger partial charge in [0.15, 0.2) is 0 Å². The van der Waals surface area contributed by atoms with Crippen LogP contribution in [0.15, 0.2) is 0 Å². The predicted octanol–water partition coefficient (Wildman–Crippen LogP) is 4.89. The molecule has 0 fully saturated rings. The fourth-order valence-electron chi connectivity index (χ4n) is 2.60. The molecule has 1 atom stereocenters. The van der Waals surface area contributed by atoms with Gasteiger partial charge in [-0.25, -0.2) is 0 Å². The van der Waals surface area contributed by atoms with Gasteiger partial charge in [0.25, 0.3) is 0 Å². The fraction of sp³-hybridized carbons (Fsp3) is 1.00. The molecule has 0 saturated carbocycles. The molecule has 0 rings (SSSR count). The molecule has 0 bridgehead atoms. The molecule has 1 unspecified atom stereocenters. The first-order valence-corrected chi connectivity index (χ1v) is 5.97. The SMILES string of the molecule is CCC(C)CC(C)(C)C(CC)CC. The Morgan fingerprint density at radius 3 is 1.69 bits per heavy atom. The maximum Gasteiger partial charge on any atom is -0.0324 e. The van der Waals surface area contributed by atoms with E-state index in [0.717, 1.165) is 11.8 Å². The third-order valence-corrected chi connectivity index (χ3v) is 3.66. The fourth-order valence-corrected chi connectivity index (χ4v) is 2.60. The highest BCUT2D eigenvalue weighted by Gasteiger charge is 2.27. The van der Waals surface area contributed by atoms with E-state index >= 15 is 0 Å². The van der Waals surface area contributed by atoms with Crippen LogP contribution in [-0.2, 0) is 0 Å². The van der Waals surface area contributed by atoms with Crippen molar-refractivity contribution >= 4 is 0 Å². The zero-order valence-electron chi connectivity index (χ0n) is 10.5. The average molecular weight is 184 g/mol. The molecule has 0 heteroatoms. The van der Waals surface area contributed by atoms with Crippen molar-refractivity contribution in [2.45, 2.75) is 67.2 Å². The van der Waals surface area contributed by atoms with Crippen molar-refractivity contribution in [1.82, 2.24) is 0 Å². The van der Waals surface area contributed by atoms with Crippen molar-refractivity contribution in [3.8, 4) is 0 Å². The van der Waals surface area contributed by atoms with E-state index in [2.05, 4.69) is 41.5 Å². The Morgan fingerprint density at radius 1 is 0.923 bits per heavy atom. The lowest BCUT2D eigenvalue weighted by molar-refractivity contribution is 0.154. The summed E-state index contributed by atoms with van der Waals surface area (Å²) in [4.78, 5) is 0. The first kappa shape index (κ1) is 13.0. The minimum atomic E-state index is 0.541. The highest BCUT2D eigenvalue weighted by Crippen LogP contribution is 2.38. The van der Waals surface area contributed by atoms with Crippen LogP contribution in [0, 0.1) is 17.3 Å². The normalized spacial score (nSPS) is 15.0. The molecule has 80 valence electrons. The van der Waals surface area contributed by atoms with Gasteiger partial charge in [-0.1, -0.05) is 60.8 Å². The van der Waals surface area contributed by atoms with Gasteiger partial charge < -0.3 is 0 Å². The quantitative estimate of drug-likeness (QED) is 0.551. The average Bonchev–Trinajstić information content (AvgIpc) is 2.05. The summed E-state index contributed by atoms with van der Waals surface area (Å²) in [7, 11) is 0. The van der Waals surface area contributed by atoms with Crippen molar-refractivity contribution in [1.29, 1.82) is 0 Å². The number of hydrogen-bond donors (Lipinski definition) is 0. The summed E-state index contributed by atoms with van der Waals surface area (Å²) in [6, 6.07) is 0. The molecule has 0 aromatic rings. The number of rotatable bonds is 6. The Kier molecular flexibility index (Phi) is 5.67. The van der Waals surface area contributed by atoms with E-state index in [4.69, 9.17) is 0 Å². The molecule has 0 heterocycles. The molecule has 0 radical (unpaired) electrons. The van der Waals surface area contributed by atoms with Crippen LogP contribution < -0.4 is 0 Å². The van der Waals surface area contributed by atoms with E-state index in [9.17, 15) is 0 Å². The Bertz CT molecular complexity index is 120. The second-order valence-electron chi connectivity index (χ2n) is 5.22. The lowest BCUT2D eigenvalue weighted by Gasteiger charge is -2.35. The minimum Gasteiger partial charge on any atom is -0.0651 e. The van der Waals surface area contributed by atoms with Crippen molar-refractivity contribution in [3.63, 3.8) is 0 Å². The largest absolute Gasteiger partial charge is 0.0651 e. The van der Waals surface area contributed by atoms with Gasteiger partial charge in [-0.2, -0.15) is 0 Å². The third kappa shape index (κ3) is 4.15. The lowest BCUT2D eigenvalue weighted by Crippen LogP contribution is -2.25. The van der Waals surface area contributed by atoms with Gasteiger partial charge in [-0.15, -0.1) is 0 Å². The molecular formula is C13H28. The Balaban J connectivity index is 4.18. The first-order valence-electron chi connectivity index (χ1n) is 5.97. The van der Waals surface area contributed by atoms with Crippen LogP contribution in [-0.4, -0.2) is 0 Å². The summed E-state index contributed by atoms with van der Waals surface area (Å²) in [6.45, 7) is 14.2. The zero-order chi connectivity index (χ0) is 10.5. The topological polar surface area (TPSA) is 0 Å². The zero-order valence-corrected chi connectivity index (χ0v) is 10.5. The summed E-state index contributed by atoms with van der Waals surface area (Å²) >= 11 is 0. The minimum absolute atomic E-state index is 0.541. The van der Waals surface area contributed by atoms with Gasteiger partial charge in [0.05, 0.1) is 0 Å². The Morgan fingerprint density at radius 2 is 1.38 bits per heavy atom. The van der Waals surface area contributed by atoms with Gasteiger partial charge in [-0.3, -0.25) is 0 Å². The maximum atomic E-state index is 2.44. The van der Waals surface area contributed by atoms with Gasteiger partial charge in [-0.05, 0) is 23.7 Å². The van der Waals surface area contributed by atoms with Crippen molar-refractivity contribution in [2.75, 3.05) is 0 Å². The highest BCUT2D eigenvalue weighted by molar-refractivity contribution is 4.78. The lowest BCUT2D eigenvalue weighted by atomic mass is 9.70. The molecule has 0 nitrogen and oxygen atoms in total. The van der Waals surface area contributed by atoms with Crippen LogP contribution in [0.5, 0.6) is 0 Å². The Labute approximate surface area is 85.1 Å². The monoisotopic (exact) mass is 184 g/mol. The number of hydrogen-bond acceptors (Lipinski definition) is 0. The molecule has 0 aliphatic rings. The van der Waals surface area contributed by atoms with Crippen molar-refractivity contribution in [2.24, 2.45) is 17.3 Å². The molecule has 0 aromatic carbocycles. The summed E-state index contributed by atoms with van der Waals surface area (Å²) in [6.07, 6.45) is 5.37. The van der Waals surface area contributed by atoms with E-state index in [1.807, 2.05) is 0 Å². The maximum absolute atomic E-state index is 2.44. The molecule has 13 heavy (non-hydrogen) atoms. The van der Waals surface area contributed by atoms with E-state index in [1.165, 1.54) is 25.7 Å². The standard InChI is InChI=1S/C13H28/c1-7-11(4)10-13(5,6)12(8-2)9-3/h11-12H,7-10H2,1-6H3. The second kappa shape index (κ2) is 5.67. The molecule has 0 aliphatic heterocycles. The summed E-state index contributed by atoms with van der Waals surface area (Å²) in [5.74, 6) is 1.79. The Hall–Kier alpha value is 0. The van der Waals surface area contributed by atoms with E-state index < -0.39 is 0 Å². The third-order valence-electron chi connectivity index (χ3n) is 3.66. The molecule has 0 spiro atoms. The van der Waals surface area contributed by atoms with E-state index in [-0.39, 0.29) is 0 Å². The van der Waals surface area contributed by atoms with E-state index in [0.29, 0.717) is 5.41 Å². The molecular weight excluding hydrogens is 156 g/mol. The van der Waals surface area contributed by atoms with E-state index in [1.54, 1.807) is 0 Å². The first-order chi connectivity index (χ1) is 5.97. The smallest absolute Gasteiger partial charge is 0.0324 e. The molecule has 0 aliphatic carbocycles. The van der Waals surface area contributed by atoms with Crippen LogP contribution in [0.4, 0.5) is 0 Å². The van der Waals surface area contributed by atoms with Crippen LogP contribution in [0.1, 0.15) is 67.2 Å². The summed E-state index contributed by atoms with van der Waals surface area (Å²) in [5.41, 5.74) is 0.541. The summed E-state index contributed by atoms with van der Waals surface area (Å²) in [5, 5.41) is 0. The van der Waals surface area contributed by atoms with Crippen LogP contribution in [0.25, 0.3) is 0 Å². The second-order valence-corrected chi connectivity index (χ2v) is 5.22. The van der Waals surface area contributed by atoms with Crippen LogP contribution >= 0.6 is 0 Å². The molecule has 0 N–H and O–H groups in total. The van der Waals surface area contributed by atoms with Crippen molar-refractivity contribution < 1.29 is 0 Å². The molecule has 0 amide bonds. The van der Waals surface area contributed by atoms with Gasteiger partial charge in [0.1, 0.15) is 0 Å². The predicted molar refractivity (Wildman–Crippen MR) is 61.9 cm³/mol. The highest BCUT2D eigenvalue weighted by atomic mass is 14.3. The summed E-state index contributed by atoms with van der Waals surface area (Å²) < 4.78 is 0. The molecule has 0 saturated heterocycles.